The Morgan fingerprint density at radius 2 is 1.96 bits per heavy atom. The lowest BCUT2D eigenvalue weighted by atomic mass is 10.1. The molecule has 0 heterocycles. The van der Waals surface area contributed by atoms with Crippen LogP contribution < -0.4 is 10.6 Å². The molecule has 0 saturated heterocycles. The predicted octanol–water partition coefficient (Wildman–Crippen LogP) is 1.55. The second kappa shape index (κ2) is 12.7. The zero-order valence-electron chi connectivity index (χ0n) is 16.1. The molecular weight excluding hydrogens is 316 g/mol. The molecule has 6 nitrogen and oxygen atoms in total. The number of ether oxygens (including phenoxy) is 1. The molecule has 1 aromatic rings. The summed E-state index contributed by atoms with van der Waals surface area (Å²) in [4.78, 5) is 6.75. The Balaban J connectivity index is 2.41. The molecule has 25 heavy (non-hydrogen) atoms. The Morgan fingerprint density at radius 3 is 2.60 bits per heavy atom. The van der Waals surface area contributed by atoms with Gasteiger partial charge in [-0.2, -0.15) is 0 Å². The molecule has 1 rings (SSSR count). The van der Waals surface area contributed by atoms with Crippen LogP contribution in [-0.2, 0) is 4.74 Å². The summed E-state index contributed by atoms with van der Waals surface area (Å²) in [5.41, 5.74) is 2.08. The third-order valence-corrected chi connectivity index (χ3v) is 3.90. The standard InChI is InChI=1S/C19H34N4O2/c1-5-20-19(21-11-13-23(3)12-6-14-25-4)22-15-18(24)17-9-7-16(2)8-10-17/h7-10,18,24H,5-6,11-15H2,1-4H3,(H2,20,21,22). The van der Waals surface area contributed by atoms with Gasteiger partial charge in [0.1, 0.15) is 0 Å². The summed E-state index contributed by atoms with van der Waals surface area (Å²) < 4.78 is 5.07. The molecule has 1 unspecified atom stereocenters. The molecule has 142 valence electrons. The fourth-order valence-electron chi connectivity index (χ4n) is 2.37. The Bertz CT molecular complexity index is 491. The number of hydrogen-bond acceptors (Lipinski definition) is 4. The number of rotatable bonds is 11. The number of nitrogens with one attached hydrogen (secondary N) is 2. The molecule has 0 fully saturated rings. The minimum Gasteiger partial charge on any atom is -0.386 e. The number of aryl methyl sites for hydroxylation is 1. The first-order valence-corrected chi connectivity index (χ1v) is 9.01. The highest BCUT2D eigenvalue weighted by Gasteiger charge is 2.07. The van der Waals surface area contributed by atoms with Crippen molar-refractivity contribution < 1.29 is 9.84 Å². The minimum absolute atomic E-state index is 0.335. The zero-order valence-corrected chi connectivity index (χ0v) is 16.1. The molecule has 1 atom stereocenters. The van der Waals surface area contributed by atoms with Crippen LogP contribution in [0.25, 0.3) is 0 Å². The maximum Gasteiger partial charge on any atom is 0.191 e. The fourth-order valence-corrected chi connectivity index (χ4v) is 2.37. The summed E-state index contributed by atoms with van der Waals surface area (Å²) in [5.74, 6) is 0.735. The Morgan fingerprint density at radius 1 is 1.24 bits per heavy atom. The van der Waals surface area contributed by atoms with Crippen molar-refractivity contribution in [2.45, 2.75) is 26.4 Å². The van der Waals surface area contributed by atoms with E-state index in [-0.39, 0.29) is 0 Å². The van der Waals surface area contributed by atoms with Crippen molar-refractivity contribution in [2.24, 2.45) is 4.99 Å². The highest BCUT2D eigenvalue weighted by molar-refractivity contribution is 5.79. The van der Waals surface area contributed by atoms with Crippen LogP contribution in [0.15, 0.2) is 29.3 Å². The van der Waals surface area contributed by atoms with E-state index in [1.165, 1.54) is 5.56 Å². The quantitative estimate of drug-likeness (QED) is 0.321. The number of benzene rings is 1. The predicted molar refractivity (Wildman–Crippen MR) is 104 cm³/mol. The molecule has 0 aliphatic heterocycles. The first kappa shape index (κ1) is 21.4. The minimum atomic E-state index is -0.590. The summed E-state index contributed by atoms with van der Waals surface area (Å²) in [6.45, 7) is 8.72. The molecule has 0 bridgehead atoms. The van der Waals surface area contributed by atoms with E-state index in [4.69, 9.17) is 4.74 Å². The summed E-state index contributed by atoms with van der Waals surface area (Å²) in [5, 5.41) is 16.8. The van der Waals surface area contributed by atoms with Crippen LogP contribution in [0.4, 0.5) is 0 Å². The summed E-state index contributed by atoms with van der Waals surface area (Å²) in [6.07, 6.45) is 0.442. The number of likely N-dealkylation sites (N-methyl/N-ethyl adjacent to an activating group) is 1. The van der Waals surface area contributed by atoms with Gasteiger partial charge in [-0.25, -0.2) is 0 Å². The average molecular weight is 351 g/mol. The number of methoxy groups -OCH3 is 1. The number of guanidine groups is 1. The highest BCUT2D eigenvalue weighted by atomic mass is 16.5. The molecule has 0 saturated carbocycles. The first-order chi connectivity index (χ1) is 12.1. The van der Waals surface area contributed by atoms with Crippen LogP contribution in [0.3, 0.4) is 0 Å². The maximum absolute atomic E-state index is 10.3. The second-order valence-corrected chi connectivity index (χ2v) is 6.22. The number of aliphatic hydroxyl groups is 1. The van der Waals surface area contributed by atoms with E-state index in [1.54, 1.807) is 7.11 Å². The number of aliphatic hydroxyl groups excluding tert-OH is 1. The second-order valence-electron chi connectivity index (χ2n) is 6.22. The van der Waals surface area contributed by atoms with Gasteiger partial charge in [0.2, 0.25) is 0 Å². The van der Waals surface area contributed by atoms with Gasteiger partial charge in [-0.05, 0) is 32.9 Å². The summed E-state index contributed by atoms with van der Waals surface area (Å²) in [6, 6.07) is 7.91. The first-order valence-electron chi connectivity index (χ1n) is 9.01. The number of aliphatic imine (C=N–C) groups is 1. The Kier molecular flexibility index (Phi) is 10.9. The molecule has 0 spiro atoms. The van der Waals surface area contributed by atoms with Crippen LogP contribution in [0.1, 0.15) is 30.6 Å². The van der Waals surface area contributed by atoms with Gasteiger partial charge in [0.25, 0.3) is 0 Å². The fraction of sp³-hybridized carbons (Fsp3) is 0.632. The molecule has 1 aromatic carbocycles. The van der Waals surface area contributed by atoms with Gasteiger partial charge in [0.15, 0.2) is 5.96 Å². The van der Waals surface area contributed by atoms with E-state index in [2.05, 4.69) is 27.6 Å². The summed E-state index contributed by atoms with van der Waals surface area (Å²) >= 11 is 0. The lowest BCUT2D eigenvalue weighted by Crippen LogP contribution is -2.41. The van der Waals surface area contributed by atoms with E-state index >= 15 is 0 Å². The van der Waals surface area contributed by atoms with Crippen molar-refractivity contribution in [1.29, 1.82) is 0 Å². The number of nitrogens with zero attached hydrogens (tertiary/aromatic N) is 2. The normalized spacial score (nSPS) is 13.1. The third-order valence-electron chi connectivity index (χ3n) is 3.90. The van der Waals surface area contributed by atoms with Crippen LogP contribution in [-0.4, -0.2) is 69.5 Å². The lowest BCUT2D eigenvalue weighted by Gasteiger charge is -2.18. The molecule has 3 N–H and O–H groups in total. The van der Waals surface area contributed by atoms with Crippen LogP contribution >= 0.6 is 0 Å². The molecule has 0 aliphatic carbocycles. The largest absolute Gasteiger partial charge is 0.386 e. The Labute approximate surface area is 152 Å². The van der Waals surface area contributed by atoms with Crippen molar-refractivity contribution in [3.8, 4) is 0 Å². The molecule has 6 heteroatoms. The van der Waals surface area contributed by atoms with Crippen LogP contribution in [0.5, 0.6) is 0 Å². The SMILES string of the molecule is CCNC(=NCC(O)c1ccc(C)cc1)NCCN(C)CCCOC. The van der Waals surface area contributed by atoms with Gasteiger partial charge in [0, 0.05) is 39.9 Å². The average Bonchev–Trinajstić information content (AvgIpc) is 2.60. The summed E-state index contributed by atoms with van der Waals surface area (Å²) in [7, 11) is 3.83. The van der Waals surface area contributed by atoms with E-state index in [1.807, 2.05) is 38.1 Å². The molecular formula is C19H34N4O2. The van der Waals surface area contributed by atoms with Gasteiger partial charge in [0.05, 0.1) is 12.6 Å². The van der Waals surface area contributed by atoms with Gasteiger partial charge < -0.3 is 25.4 Å². The molecule has 0 radical (unpaired) electrons. The van der Waals surface area contributed by atoms with Gasteiger partial charge >= 0.3 is 0 Å². The smallest absolute Gasteiger partial charge is 0.191 e. The van der Waals surface area contributed by atoms with E-state index < -0.39 is 6.10 Å². The highest BCUT2D eigenvalue weighted by Crippen LogP contribution is 2.13. The van der Waals surface area contributed by atoms with Gasteiger partial charge in [-0.3, -0.25) is 4.99 Å². The molecule has 0 aliphatic rings. The van der Waals surface area contributed by atoms with Gasteiger partial charge in [-0.15, -0.1) is 0 Å². The maximum atomic E-state index is 10.3. The van der Waals surface area contributed by atoms with Crippen molar-refractivity contribution in [1.82, 2.24) is 15.5 Å². The topological polar surface area (TPSA) is 69.1 Å². The van der Waals surface area contributed by atoms with Crippen molar-refractivity contribution >= 4 is 5.96 Å². The van der Waals surface area contributed by atoms with Gasteiger partial charge in [-0.1, -0.05) is 29.8 Å². The van der Waals surface area contributed by atoms with Crippen LogP contribution in [0.2, 0.25) is 0 Å². The van der Waals surface area contributed by atoms with E-state index in [0.29, 0.717) is 6.54 Å². The van der Waals surface area contributed by atoms with Crippen molar-refractivity contribution in [2.75, 3.05) is 53.5 Å². The van der Waals surface area contributed by atoms with E-state index in [0.717, 1.165) is 50.7 Å². The molecule has 0 aromatic heterocycles. The van der Waals surface area contributed by atoms with Crippen LogP contribution in [0, 0.1) is 6.92 Å². The van der Waals surface area contributed by atoms with Crippen molar-refractivity contribution in [3.63, 3.8) is 0 Å². The zero-order chi connectivity index (χ0) is 18.5. The third kappa shape index (κ3) is 9.43. The number of hydrogen-bond donors (Lipinski definition) is 3. The monoisotopic (exact) mass is 350 g/mol. The lowest BCUT2D eigenvalue weighted by molar-refractivity contribution is 0.180. The molecule has 0 amide bonds. The van der Waals surface area contributed by atoms with Crippen molar-refractivity contribution in [3.05, 3.63) is 35.4 Å². The Hall–Kier alpha value is -1.63. The van der Waals surface area contributed by atoms with E-state index in [9.17, 15) is 5.11 Å².